The number of benzene rings is 2. The minimum Gasteiger partial charge on any atom is -0.496 e. The maximum absolute atomic E-state index is 12.2. The highest BCUT2D eigenvalue weighted by atomic mass is 16.5. The van der Waals surface area contributed by atoms with Crippen LogP contribution in [0.1, 0.15) is 17.0 Å². The highest BCUT2D eigenvalue weighted by Crippen LogP contribution is 2.29. The van der Waals surface area contributed by atoms with Crippen LogP contribution in [0.15, 0.2) is 47.3 Å². The van der Waals surface area contributed by atoms with Crippen molar-refractivity contribution in [2.24, 2.45) is 14.1 Å². The van der Waals surface area contributed by atoms with Gasteiger partial charge in [0.15, 0.2) is 0 Å². The number of fused-ring (bicyclic) bond motifs is 1. The Bertz CT molecular complexity index is 1000. The van der Waals surface area contributed by atoms with Gasteiger partial charge in [0, 0.05) is 11.6 Å². The van der Waals surface area contributed by atoms with Gasteiger partial charge in [-0.3, -0.25) is 0 Å². The van der Waals surface area contributed by atoms with Crippen LogP contribution in [0.2, 0.25) is 0 Å². The van der Waals surface area contributed by atoms with Crippen LogP contribution >= 0.6 is 0 Å². The molecule has 3 aromatic rings. The molecule has 0 aliphatic rings. The Morgan fingerprint density at radius 1 is 1.12 bits per heavy atom. The highest BCUT2D eigenvalue weighted by Gasteiger charge is 2.12. The molecule has 2 aromatic carbocycles. The Morgan fingerprint density at radius 3 is 2.62 bits per heavy atom. The third-order valence-electron chi connectivity index (χ3n) is 4.42. The maximum atomic E-state index is 12.2. The zero-order valence-corrected chi connectivity index (χ0v) is 14.4. The first kappa shape index (κ1) is 16.0. The van der Waals surface area contributed by atoms with Gasteiger partial charge in [-0.15, -0.1) is 0 Å². The van der Waals surface area contributed by atoms with Crippen molar-refractivity contribution in [3.8, 4) is 5.75 Å². The van der Waals surface area contributed by atoms with Gasteiger partial charge < -0.3 is 4.74 Å². The molecular weight excluding hydrogens is 300 g/mol. The molecule has 0 amide bonds. The number of hydrogen-bond acceptors (Lipinski definition) is 2. The summed E-state index contributed by atoms with van der Waals surface area (Å²) in [6.45, 7) is 1.93. The summed E-state index contributed by atoms with van der Waals surface area (Å²) in [6.07, 6.45) is 3.97. The molecule has 0 radical (unpaired) electrons. The van der Waals surface area contributed by atoms with Crippen molar-refractivity contribution in [3.63, 3.8) is 0 Å². The molecule has 24 heavy (non-hydrogen) atoms. The number of nitrogens with zero attached hydrogens (tertiary/aromatic N) is 2. The molecular formula is C20H21N2O2+. The van der Waals surface area contributed by atoms with Crippen LogP contribution in [-0.4, -0.2) is 11.7 Å². The van der Waals surface area contributed by atoms with E-state index in [9.17, 15) is 4.79 Å². The van der Waals surface area contributed by atoms with Crippen molar-refractivity contribution in [1.29, 1.82) is 0 Å². The Kier molecular flexibility index (Phi) is 4.21. The van der Waals surface area contributed by atoms with Crippen molar-refractivity contribution in [1.82, 2.24) is 4.57 Å². The molecule has 1 heterocycles. The maximum Gasteiger partial charge on any atom is 0.498 e. The second-order valence-electron chi connectivity index (χ2n) is 5.85. The summed E-state index contributed by atoms with van der Waals surface area (Å²) in [5.41, 5.74) is 2.74. The molecule has 0 atom stereocenters. The van der Waals surface area contributed by atoms with E-state index in [4.69, 9.17) is 4.74 Å². The lowest BCUT2D eigenvalue weighted by molar-refractivity contribution is -0.692. The predicted molar refractivity (Wildman–Crippen MR) is 97.0 cm³/mol. The number of rotatable bonds is 3. The van der Waals surface area contributed by atoms with Crippen LogP contribution in [0.5, 0.6) is 5.75 Å². The molecule has 0 N–H and O–H groups in total. The lowest BCUT2D eigenvalue weighted by atomic mass is 10.0. The minimum absolute atomic E-state index is 0.0421. The van der Waals surface area contributed by atoms with E-state index in [1.807, 2.05) is 49.4 Å². The van der Waals surface area contributed by atoms with Gasteiger partial charge in [-0.2, -0.15) is 13.9 Å². The standard InChI is InChI=1S/C20H21N2O2/c1-14-13-16(22(3)20(23)21(14)2)10-11-18-17-8-6-5-7-15(17)9-12-19(18)24-4/h5-13H,1-4H3/q+1. The number of aryl methyl sites for hydroxylation is 1. The number of ether oxygens (including phenoxy) is 1. The molecule has 0 aliphatic carbocycles. The third-order valence-corrected chi connectivity index (χ3v) is 4.42. The summed E-state index contributed by atoms with van der Waals surface area (Å²) >= 11 is 0. The van der Waals surface area contributed by atoms with E-state index >= 15 is 0 Å². The largest absolute Gasteiger partial charge is 0.498 e. The van der Waals surface area contributed by atoms with Crippen LogP contribution in [0.4, 0.5) is 0 Å². The first-order valence-electron chi connectivity index (χ1n) is 7.83. The van der Waals surface area contributed by atoms with Crippen LogP contribution in [0.3, 0.4) is 0 Å². The number of hydrogen-bond donors (Lipinski definition) is 0. The van der Waals surface area contributed by atoms with E-state index < -0.39 is 0 Å². The molecule has 0 fully saturated rings. The molecule has 0 aliphatic heterocycles. The van der Waals surface area contributed by atoms with Crippen molar-refractivity contribution in [2.75, 3.05) is 7.11 Å². The Hall–Kier alpha value is -2.88. The topological polar surface area (TPSA) is 35.1 Å². The molecule has 0 spiro atoms. The fourth-order valence-electron chi connectivity index (χ4n) is 2.85. The Morgan fingerprint density at radius 2 is 1.88 bits per heavy atom. The molecule has 3 rings (SSSR count). The van der Waals surface area contributed by atoms with Gasteiger partial charge in [0.05, 0.1) is 21.2 Å². The molecule has 122 valence electrons. The second kappa shape index (κ2) is 6.32. The summed E-state index contributed by atoms with van der Waals surface area (Å²) in [4.78, 5) is 12.2. The quantitative estimate of drug-likeness (QED) is 0.695. The van der Waals surface area contributed by atoms with Gasteiger partial charge in [-0.1, -0.05) is 30.3 Å². The van der Waals surface area contributed by atoms with Gasteiger partial charge in [0.2, 0.25) is 0 Å². The predicted octanol–water partition coefficient (Wildman–Crippen LogP) is 2.85. The monoisotopic (exact) mass is 321 g/mol. The normalized spacial score (nSPS) is 11.3. The van der Waals surface area contributed by atoms with Crippen molar-refractivity contribution >= 4 is 22.9 Å². The zero-order chi connectivity index (χ0) is 17.3. The van der Waals surface area contributed by atoms with E-state index in [0.717, 1.165) is 33.5 Å². The average molecular weight is 321 g/mol. The van der Waals surface area contributed by atoms with E-state index in [2.05, 4.69) is 12.1 Å². The highest BCUT2D eigenvalue weighted by molar-refractivity contribution is 5.95. The smallest absolute Gasteiger partial charge is 0.496 e. The Labute approximate surface area is 141 Å². The third kappa shape index (κ3) is 2.71. The fraction of sp³-hybridized carbons (Fsp3) is 0.200. The van der Waals surface area contributed by atoms with Crippen LogP contribution in [0, 0.1) is 6.92 Å². The average Bonchev–Trinajstić information content (AvgIpc) is 2.61. The van der Waals surface area contributed by atoms with Crippen molar-refractivity contribution in [2.45, 2.75) is 6.92 Å². The first-order chi connectivity index (χ1) is 11.5. The summed E-state index contributed by atoms with van der Waals surface area (Å²) in [5.74, 6) is 0.813. The summed E-state index contributed by atoms with van der Waals surface area (Å²) in [7, 11) is 5.23. The first-order valence-corrected chi connectivity index (χ1v) is 7.83. The SMILES string of the molecule is COc1ccc2ccccc2c1C=Cc1cc(C)n(C)c(=O)[n+]1C. The van der Waals surface area contributed by atoms with E-state index in [1.165, 1.54) is 0 Å². The molecule has 0 unspecified atom stereocenters. The van der Waals surface area contributed by atoms with Gasteiger partial charge in [-0.05, 0) is 35.9 Å². The molecule has 4 heteroatoms. The van der Waals surface area contributed by atoms with Crippen LogP contribution in [-0.2, 0) is 14.1 Å². The molecule has 0 bridgehead atoms. The lowest BCUT2D eigenvalue weighted by Gasteiger charge is -2.09. The van der Waals surface area contributed by atoms with E-state index in [-0.39, 0.29) is 5.69 Å². The summed E-state index contributed by atoms with van der Waals surface area (Å²) in [6, 6.07) is 14.2. The van der Waals surface area contributed by atoms with Gasteiger partial charge >= 0.3 is 5.69 Å². The van der Waals surface area contributed by atoms with Gasteiger partial charge in [-0.25, -0.2) is 0 Å². The minimum atomic E-state index is -0.0421. The Balaban J connectivity index is 2.17. The molecule has 1 aromatic heterocycles. The molecule has 0 saturated carbocycles. The molecule has 4 nitrogen and oxygen atoms in total. The second-order valence-corrected chi connectivity index (χ2v) is 5.85. The van der Waals surface area contributed by atoms with Crippen LogP contribution in [0.25, 0.3) is 22.9 Å². The van der Waals surface area contributed by atoms with E-state index in [1.54, 1.807) is 30.3 Å². The van der Waals surface area contributed by atoms with E-state index in [0.29, 0.717) is 0 Å². The molecule has 0 saturated heterocycles. The fourth-order valence-corrected chi connectivity index (χ4v) is 2.85. The summed E-state index contributed by atoms with van der Waals surface area (Å²) in [5, 5.41) is 2.28. The lowest BCUT2D eigenvalue weighted by Crippen LogP contribution is -2.53. The van der Waals surface area contributed by atoms with Crippen molar-refractivity contribution < 1.29 is 9.30 Å². The van der Waals surface area contributed by atoms with Crippen molar-refractivity contribution in [3.05, 3.63) is 69.9 Å². The zero-order valence-electron chi connectivity index (χ0n) is 14.4. The number of methoxy groups -OCH3 is 1. The summed E-state index contributed by atoms with van der Waals surface area (Å²) < 4.78 is 8.79. The van der Waals surface area contributed by atoms with Crippen LogP contribution < -0.4 is 15.0 Å². The van der Waals surface area contributed by atoms with Gasteiger partial charge in [0.25, 0.3) is 0 Å². The van der Waals surface area contributed by atoms with Gasteiger partial charge in [0.1, 0.15) is 17.1 Å². The number of aromatic nitrogens is 2.